The zero-order valence-electron chi connectivity index (χ0n) is 22.3. The summed E-state index contributed by atoms with van der Waals surface area (Å²) in [5.41, 5.74) is 0.787. The number of rotatable bonds is 12. The first-order chi connectivity index (χ1) is 19.1. The Morgan fingerprint density at radius 3 is 2.50 bits per heavy atom. The van der Waals surface area contributed by atoms with Crippen molar-refractivity contribution in [2.24, 2.45) is 5.41 Å². The van der Waals surface area contributed by atoms with Crippen LogP contribution < -0.4 is 10.1 Å². The summed E-state index contributed by atoms with van der Waals surface area (Å²) in [7, 11) is 1.54. The van der Waals surface area contributed by atoms with Crippen molar-refractivity contribution in [2.45, 2.75) is 44.8 Å². The lowest BCUT2D eigenvalue weighted by atomic mass is 9.71. The van der Waals surface area contributed by atoms with E-state index in [1.54, 1.807) is 18.2 Å². The summed E-state index contributed by atoms with van der Waals surface area (Å²) in [6.45, 7) is 1.55. The second kappa shape index (κ2) is 12.8. The van der Waals surface area contributed by atoms with Crippen molar-refractivity contribution in [2.75, 3.05) is 38.6 Å². The molecule has 216 valence electrons. The highest BCUT2D eigenvalue weighted by atomic mass is 19.1. The molecule has 1 aromatic heterocycles. The van der Waals surface area contributed by atoms with Gasteiger partial charge in [-0.3, -0.25) is 9.78 Å². The summed E-state index contributed by atoms with van der Waals surface area (Å²) in [5.74, 6) is -3.31. The van der Waals surface area contributed by atoms with E-state index in [2.05, 4.69) is 15.2 Å². The number of fused-ring (bicyclic) bond motifs is 1. The molecule has 2 aromatic carbocycles. The predicted molar refractivity (Wildman–Crippen MR) is 144 cm³/mol. The van der Waals surface area contributed by atoms with Gasteiger partial charge in [-0.1, -0.05) is 0 Å². The number of anilines is 1. The molecule has 1 atom stereocenters. The van der Waals surface area contributed by atoms with Crippen LogP contribution in [0.4, 0.5) is 18.9 Å². The zero-order valence-corrected chi connectivity index (χ0v) is 22.3. The molecule has 0 spiro atoms. The molecule has 0 saturated carbocycles. The van der Waals surface area contributed by atoms with Gasteiger partial charge < -0.3 is 30.3 Å². The van der Waals surface area contributed by atoms with E-state index in [0.29, 0.717) is 85.2 Å². The predicted octanol–water partition coefficient (Wildman–Crippen LogP) is 4.64. The van der Waals surface area contributed by atoms with Gasteiger partial charge in [0.05, 0.1) is 31.8 Å². The standard InChI is InChI=1S/C29H34F3N3O5/c1-40-20-2-3-24-21(14-20)27(18(17-36)16-34-24)25(37)4-5-29(15-26(38)39)6-9-35(10-7-29)11-8-33-28-22(31)12-19(30)13-23(28)32/h2-3,12-14,16,25,33,36-37H,4-11,15,17H2,1H3,(H,38,39). The number of carboxylic acid groups (broad SMARTS) is 1. The average molecular weight is 562 g/mol. The number of ether oxygens (including phenoxy) is 1. The van der Waals surface area contributed by atoms with Crippen LogP contribution in [0.2, 0.25) is 0 Å². The molecule has 1 saturated heterocycles. The first kappa shape index (κ1) is 29.6. The lowest BCUT2D eigenvalue weighted by Gasteiger charge is -2.41. The van der Waals surface area contributed by atoms with E-state index < -0.39 is 34.9 Å². The average Bonchev–Trinajstić information content (AvgIpc) is 2.92. The molecule has 0 aliphatic carbocycles. The third-order valence-electron chi connectivity index (χ3n) is 7.83. The smallest absolute Gasteiger partial charge is 0.303 e. The van der Waals surface area contributed by atoms with Crippen molar-refractivity contribution >= 4 is 22.6 Å². The van der Waals surface area contributed by atoms with E-state index in [9.17, 15) is 33.3 Å². The minimum Gasteiger partial charge on any atom is -0.497 e. The van der Waals surface area contributed by atoms with Crippen LogP contribution in [-0.4, -0.2) is 64.5 Å². The molecule has 11 heteroatoms. The number of carbonyl (C=O) groups is 1. The monoisotopic (exact) mass is 561 g/mol. The first-order valence-electron chi connectivity index (χ1n) is 13.2. The maximum atomic E-state index is 13.9. The van der Waals surface area contributed by atoms with Crippen LogP contribution in [-0.2, 0) is 11.4 Å². The number of halogens is 3. The molecule has 4 N–H and O–H groups in total. The Labute approximate surface area is 230 Å². The van der Waals surface area contributed by atoms with Crippen molar-refractivity contribution in [3.05, 3.63) is 65.1 Å². The minimum atomic E-state index is -1.00. The fourth-order valence-corrected chi connectivity index (χ4v) is 5.60. The summed E-state index contributed by atoms with van der Waals surface area (Å²) in [4.78, 5) is 18.2. The van der Waals surface area contributed by atoms with Gasteiger partial charge in [-0.2, -0.15) is 0 Å². The third-order valence-corrected chi connectivity index (χ3v) is 7.83. The fourth-order valence-electron chi connectivity index (χ4n) is 5.60. The molecule has 1 unspecified atom stereocenters. The molecule has 8 nitrogen and oxygen atoms in total. The van der Waals surface area contributed by atoms with E-state index >= 15 is 0 Å². The number of nitrogens with zero attached hydrogens (tertiary/aromatic N) is 2. The fraction of sp³-hybridized carbons (Fsp3) is 0.448. The second-order valence-electron chi connectivity index (χ2n) is 10.4. The SMILES string of the molecule is COc1ccc2ncc(CO)c(C(O)CCC3(CC(=O)O)CCN(CCNc4c(F)cc(F)cc4F)CC3)c2c1. The molecule has 40 heavy (non-hydrogen) atoms. The third kappa shape index (κ3) is 6.83. The summed E-state index contributed by atoms with van der Waals surface area (Å²) in [6.07, 6.45) is 2.43. The van der Waals surface area contributed by atoms with E-state index in [-0.39, 0.29) is 25.3 Å². The lowest BCUT2D eigenvalue weighted by Crippen LogP contribution is -2.43. The number of nitrogens with one attached hydrogen (secondary N) is 1. The number of benzene rings is 2. The number of hydrogen-bond acceptors (Lipinski definition) is 7. The number of aliphatic carboxylic acids is 1. The van der Waals surface area contributed by atoms with Crippen LogP contribution >= 0.6 is 0 Å². The minimum absolute atomic E-state index is 0.0460. The number of likely N-dealkylation sites (tertiary alicyclic amines) is 1. The van der Waals surface area contributed by atoms with Gasteiger partial charge in [0.1, 0.15) is 17.3 Å². The molecule has 4 rings (SSSR count). The van der Waals surface area contributed by atoms with Crippen LogP contribution in [0.5, 0.6) is 5.75 Å². The van der Waals surface area contributed by atoms with Gasteiger partial charge >= 0.3 is 5.97 Å². The Hall–Kier alpha value is -3.41. The highest BCUT2D eigenvalue weighted by molar-refractivity contribution is 5.85. The quantitative estimate of drug-likeness (QED) is 0.253. The maximum Gasteiger partial charge on any atom is 0.303 e. The number of aromatic nitrogens is 1. The molecule has 2 heterocycles. The van der Waals surface area contributed by atoms with Gasteiger partial charge in [0, 0.05) is 42.4 Å². The zero-order chi connectivity index (χ0) is 28.9. The van der Waals surface area contributed by atoms with E-state index in [4.69, 9.17) is 4.74 Å². The van der Waals surface area contributed by atoms with Gasteiger partial charge in [-0.15, -0.1) is 0 Å². The van der Waals surface area contributed by atoms with E-state index in [1.807, 2.05) is 0 Å². The van der Waals surface area contributed by atoms with Gasteiger partial charge in [-0.25, -0.2) is 13.2 Å². The van der Waals surface area contributed by atoms with Crippen LogP contribution in [0.1, 0.15) is 49.3 Å². The Balaban J connectivity index is 1.41. The molecule has 0 amide bonds. The first-order valence-corrected chi connectivity index (χ1v) is 13.2. The van der Waals surface area contributed by atoms with Gasteiger partial charge in [0.25, 0.3) is 0 Å². The molecule has 1 aliphatic heterocycles. The van der Waals surface area contributed by atoms with E-state index in [0.717, 1.165) is 0 Å². The van der Waals surface area contributed by atoms with Crippen molar-refractivity contribution in [1.29, 1.82) is 0 Å². The topological polar surface area (TPSA) is 115 Å². The highest BCUT2D eigenvalue weighted by Crippen LogP contribution is 2.42. The Bertz CT molecular complexity index is 1320. The molecule has 3 aromatic rings. The number of piperidine rings is 1. The number of methoxy groups -OCH3 is 1. The number of hydrogen-bond donors (Lipinski definition) is 4. The maximum absolute atomic E-state index is 13.9. The molecule has 0 bridgehead atoms. The Morgan fingerprint density at radius 1 is 1.18 bits per heavy atom. The highest BCUT2D eigenvalue weighted by Gasteiger charge is 2.37. The van der Waals surface area contributed by atoms with Crippen LogP contribution in [0.3, 0.4) is 0 Å². The Kier molecular flexibility index (Phi) is 9.49. The number of aliphatic hydroxyl groups excluding tert-OH is 2. The summed E-state index contributed by atoms with van der Waals surface area (Å²) in [6, 6.07) is 6.55. The van der Waals surface area contributed by atoms with Crippen molar-refractivity contribution < 1.29 is 38.0 Å². The lowest BCUT2D eigenvalue weighted by molar-refractivity contribution is -0.141. The van der Waals surface area contributed by atoms with Crippen LogP contribution in [0.25, 0.3) is 10.9 Å². The summed E-state index contributed by atoms with van der Waals surface area (Å²) < 4.78 is 46.2. The molecular weight excluding hydrogens is 527 g/mol. The normalized spacial score (nSPS) is 16.1. The van der Waals surface area contributed by atoms with Crippen molar-refractivity contribution in [1.82, 2.24) is 9.88 Å². The van der Waals surface area contributed by atoms with Gasteiger partial charge in [0.2, 0.25) is 0 Å². The van der Waals surface area contributed by atoms with Crippen LogP contribution in [0.15, 0.2) is 36.5 Å². The van der Waals surface area contributed by atoms with Gasteiger partial charge in [0.15, 0.2) is 11.6 Å². The van der Waals surface area contributed by atoms with Gasteiger partial charge in [-0.05, 0) is 68.0 Å². The summed E-state index contributed by atoms with van der Waals surface area (Å²) >= 11 is 0. The molecule has 0 radical (unpaired) electrons. The van der Waals surface area contributed by atoms with Crippen molar-refractivity contribution in [3.8, 4) is 5.75 Å². The summed E-state index contributed by atoms with van der Waals surface area (Å²) in [5, 5.41) is 34.2. The van der Waals surface area contributed by atoms with Crippen molar-refractivity contribution in [3.63, 3.8) is 0 Å². The Morgan fingerprint density at radius 2 is 1.88 bits per heavy atom. The number of carboxylic acids is 1. The number of aliphatic hydroxyl groups is 2. The largest absolute Gasteiger partial charge is 0.497 e. The van der Waals surface area contributed by atoms with Crippen LogP contribution in [0, 0.1) is 22.9 Å². The molecule has 1 fully saturated rings. The van der Waals surface area contributed by atoms with E-state index in [1.165, 1.54) is 13.3 Å². The molecular formula is C29H34F3N3O5. The second-order valence-corrected chi connectivity index (χ2v) is 10.4. The molecule has 1 aliphatic rings. The number of pyridine rings is 1.